The van der Waals surface area contributed by atoms with E-state index in [0.717, 1.165) is 6.07 Å². The van der Waals surface area contributed by atoms with Crippen molar-refractivity contribution >= 4 is 11.6 Å². The van der Waals surface area contributed by atoms with Gasteiger partial charge in [0.05, 0.1) is 6.04 Å². The van der Waals surface area contributed by atoms with Gasteiger partial charge < -0.3 is 11.1 Å². The number of amides is 1. The van der Waals surface area contributed by atoms with Crippen LogP contribution in [0.4, 0.5) is 14.5 Å². The monoisotopic (exact) mass is 256 g/mol. The molecule has 1 amide bonds. The lowest BCUT2D eigenvalue weighted by Crippen LogP contribution is -2.45. The largest absolute Gasteiger partial charge is 0.320 e. The molecule has 1 rings (SSSR count). The van der Waals surface area contributed by atoms with Crippen molar-refractivity contribution in [2.75, 3.05) is 5.32 Å². The molecule has 1 aromatic rings. The highest BCUT2D eigenvalue weighted by atomic mass is 19.1. The lowest BCUT2D eigenvalue weighted by atomic mass is 9.87. The van der Waals surface area contributed by atoms with Crippen LogP contribution in [0.25, 0.3) is 0 Å². The number of nitrogens with two attached hydrogens (primary N) is 1. The summed E-state index contributed by atoms with van der Waals surface area (Å²) in [5.74, 6) is -2.19. The maximum absolute atomic E-state index is 13.7. The van der Waals surface area contributed by atoms with Crippen molar-refractivity contribution in [1.82, 2.24) is 0 Å². The number of nitrogens with one attached hydrogen (secondary N) is 1. The molecule has 3 nitrogen and oxygen atoms in total. The van der Waals surface area contributed by atoms with Gasteiger partial charge in [-0.1, -0.05) is 26.8 Å². The molecule has 0 saturated heterocycles. The van der Waals surface area contributed by atoms with Gasteiger partial charge in [0.1, 0.15) is 11.5 Å². The first-order chi connectivity index (χ1) is 8.14. The van der Waals surface area contributed by atoms with E-state index in [1.54, 1.807) is 20.8 Å². The predicted molar refractivity (Wildman–Crippen MR) is 67.2 cm³/mol. The molecule has 0 aromatic heterocycles. The number of halogens is 2. The maximum atomic E-state index is 13.7. The van der Waals surface area contributed by atoms with Crippen molar-refractivity contribution in [3.05, 3.63) is 29.3 Å². The molecule has 3 N–H and O–H groups in total. The van der Waals surface area contributed by atoms with Gasteiger partial charge in [0.15, 0.2) is 5.82 Å². The topological polar surface area (TPSA) is 55.1 Å². The van der Waals surface area contributed by atoms with Crippen LogP contribution in [0.2, 0.25) is 0 Å². The van der Waals surface area contributed by atoms with Gasteiger partial charge in [-0.15, -0.1) is 0 Å². The van der Waals surface area contributed by atoms with E-state index in [9.17, 15) is 13.6 Å². The average molecular weight is 256 g/mol. The zero-order valence-corrected chi connectivity index (χ0v) is 11.0. The Hall–Kier alpha value is -1.49. The Kier molecular flexibility index (Phi) is 4.06. The van der Waals surface area contributed by atoms with Crippen LogP contribution in [0.3, 0.4) is 0 Å². The lowest BCUT2D eigenvalue weighted by Gasteiger charge is -2.26. The van der Waals surface area contributed by atoms with E-state index >= 15 is 0 Å². The van der Waals surface area contributed by atoms with Crippen molar-refractivity contribution < 1.29 is 13.6 Å². The number of rotatable bonds is 2. The summed E-state index contributed by atoms with van der Waals surface area (Å²) in [5.41, 5.74) is 5.05. The Labute approximate surface area is 105 Å². The molecule has 1 atom stereocenters. The van der Waals surface area contributed by atoms with E-state index < -0.39 is 34.7 Å². The molecule has 0 fully saturated rings. The third-order valence-corrected chi connectivity index (χ3v) is 2.75. The molecule has 0 radical (unpaired) electrons. The van der Waals surface area contributed by atoms with Gasteiger partial charge in [-0.3, -0.25) is 4.79 Å². The second-order valence-corrected chi connectivity index (χ2v) is 5.39. The fourth-order valence-electron chi connectivity index (χ4n) is 1.37. The summed E-state index contributed by atoms with van der Waals surface area (Å²) in [6, 6.07) is 1.57. The molecular weight excluding hydrogens is 238 g/mol. The molecule has 0 heterocycles. The highest BCUT2D eigenvalue weighted by Crippen LogP contribution is 2.24. The molecule has 0 bridgehead atoms. The number of carbonyl (C=O) groups excluding carboxylic acids is 1. The minimum Gasteiger partial charge on any atom is -0.320 e. The standard InChI is InChI=1S/C13H18F2N2O/c1-7-5-6-8(14)10(9(7)15)17-12(18)11(16)13(2,3)4/h5-6,11H,16H2,1-4H3,(H,17,18). The smallest absolute Gasteiger partial charge is 0.241 e. The van der Waals surface area contributed by atoms with E-state index in [1.165, 1.54) is 13.0 Å². The zero-order valence-electron chi connectivity index (χ0n) is 11.0. The van der Waals surface area contributed by atoms with Crippen LogP contribution in [0, 0.1) is 24.0 Å². The van der Waals surface area contributed by atoms with Gasteiger partial charge in [0.25, 0.3) is 0 Å². The number of aryl methyl sites for hydroxylation is 1. The minimum atomic E-state index is -0.850. The van der Waals surface area contributed by atoms with Gasteiger partial charge in [-0.2, -0.15) is 0 Å². The summed E-state index contributed by atoms with van der Waals surface area (Å²) in [6.45, 7) is 6.83. The van der Waals surface area contributed by atoms with Gasteiger partial charge in [-0.25, -0.2) is 8.78 Å². The van der Waals surface area contributed by atoms with Crippen molar-refractivity contribution in [3.8, 4) is 0 Å². The van der Waals surface area contributed by atoms with Crippen LogP contribution < -0.4 is 11.1 Å². The van der Waals surface area contributed by atoms with Gasteiger partial charge in [0, 0.05) is 0 Å². The molecule has 100 valence electrons. The summed E-state index contributed by atoms with van der Waals surface area (Å²) >= 11 is 0. The summed E-state index contributed by atoms with van der Waals surface area (Å²) < 4.78 is 27.1. The van der Waals surface area contributed by atoms with Crippen LogP contribution in [0.1, 0.15) is 26.3 Å². The van der Waals surface area contributed by atoms with Crippen LogP contribution in [0.5, 0.6) is 0 Å². The SMILES string of the molecule is Cc1ccc(F)c(NC(=O)C(N)C(C)(C)C)c1F. The summed E-state index contributed by atoms with van der Waals surface area (Å²) in [6.07, 6.45) is 0. The number of hydrogen-bond donors (Lipinski definition) is 2. The van der Waals surface area contributed by atoms with Crippen LogP contribution in [-0.4, -0.2) is 11.9 Å². The second-order valence-electron chi connectivity index (χ2n) is 5.39. The predicted octanol–water partition coefficient (Wildman–Crippen LogP) is 2.59. The average Bonchev–Trinajstić information content (AvgIpc) is 2.27. The van der Waals surface area contributed by atoms with E-state index in [-0.39, 0.29) is 5.56 Å². The first-order valence-corrected chi connectivity index (χ1v) is 5.65. The molecule has 0 spiro atoms. The summed E-state index contributed by atoms with van der Waals surface area (Å²) in [7, 11) is 0. The maximum Gasteiger partial charge on any atom is 0.241 e. The van der Waals surface area contributed by atoms with E-state index in [4.69, 9.17) is 5.73 Å². The molecular formula is C13H18F2N2O. The number of hydrogen-bond acceptors (Lipinski definition) is 2. The fraction of sp³-hybridized carbons (Fsp3) is 0.462. The summed E-state index contributed by atoms with van der Waals surface area (Å²) in [4.78, 5) is 11.8. The highest BCUT2D eigenvalue weighted by molar-refractivity contribution is 5.95. The van der Waals surface area contributed by atoms with E-state index in [2.05, 4.69) is 5.32 Å². The highest BCUT2D eigenvalue weighted by Gasteiger charge is 2.28. The Balaban J connectivity index is 2.99. The van der Waals surface area contributed by atoms with E-state index in [0.29, 0.717) is 0 Å². The summed E-state index contributed by atoms with van der Waals surface area (Å²) in [5, 5.41) is 2.21. The normalized spacial score (nSPS) is 13.3. The Morgan fingerprint density at radius 2 is 1.89 bits per heavy atom. The van der Waals surface area contributed by atoms with Gasteiger partial charge >= 0.3 is 0 Å². The molecule has 18 heavy (non-hydrogen) atoms. The van der Waals surface area contributed by atoms with Gasteiger partial charge in [0.2, 0.25) is 5.91 Å². The fourth-order valence-corrected chi connectivity index (χ4v) is 1.37. The van der Waals surface area contributed by atoms with Crippen LogP contribution >= 0.6 is 0 Å². The van der Waals surface area contributed by atoms with Crippen molar-refractivity contribution in [3.63, 3.8) is 0 Å². The molecule has 1 aromatic carbocycles. The minimum absolute atomic E-state index is 0.260. The van der Waals surface area contributed by atoms with E-state index in [1.807, 2.05) is 0 Å². The third-order valence-electron chi connectivity index (χ3n) is 2.75. The van der Waals surface area contributed by atoms with Crippen molar-refractivity contribution in [2.45, 2.75) is 33.7 Å². The Morgan fingerprint density at radius 1 is 1.33 bits per heavy atom. The van der Waals surface area contributed by atoms with Crippen LogP contribution in [0.15, 0.2) is 12.1 Å². The number of benzene rings is 1. The Bertz CT molecular complexity index is 467. The van der Waals surface area contributed by atoms with Crippen LogP contribution in [-0.2, 0) is 4.79 Å². The third kappa shape index (κ3) is 3.04. The molecule has 1 unspecified atom stereocenters. The lowest BCUT2D eigenvalue weighted by molar-refractivity contribution is -0.119. The first kappa shape index (κ1) is 14.6. The van der Waals surface area contributed by atoms with Crippen molar-refractivity contribution in [1.29, 1.82) is 0 Å². The quantitative estimate of drug-likeness (QED) is 0.854. The number of anilines is 1. The van der Waals surface area contributed by atoms with Crippen molar-refractivity contribution in [2.24, 2.45) is 11.1 Å². The zero-order chi connectivity index (χ0) is 14.1. The van der Waals surface area contributed by atoms with Gasteiger partial charge in [-0.05, 0) is 24.0 Å². The molecule has 0 aliphatic carbocycles. The molecule has 0 aliphatic heterocycles. The Morgan fingerprint density at radius 3 is 2.39 bits per heavy atom. The first-order valence-electron chi connectivity index (χ1n) is 5.65. The number of carbonyl (C=O) groups is 1. The molecule has 0 aliphatic rings. The molecule has 5 heteroatoms. The molecule has 0 saturated carbocycles. The second kappa shape index (κ2) is 5.02.